The van der Waals surface area contributed by atoms with Gasteiger partial charge in [-0.3, -0.25) is 4.79 Å². The molecule has 0 bridgehead atoms. The first-order chi connectivity index (χ1) is 8.40. The van der Waals surface area contributed by atoms with Crippen LogP contribution in [0, 0.1) is 5.92 Å². The van der Waals surface area contributed by atoms with Gasteiger partial charge < -0.3 is 15.0 Å². The van der Waals surface area contributed by atoms with Crippen LogP contribution in [0.2, 0.25) is 0 Å². The number of likely N-dealkylation sites (N-methyl/N-ethyl adjacent to an activating group) is 1. The zero-order chi connectivity index (χ0) is 13.7. The Labute approximate surface area is 111 Å². The molecule has 4 heteroatoms. The van der Waals surface area contributed by atoms with Crippen molar-refractivity contribution in [2.45, 2.75) is 58.2 Å². The van der Waals surface area contributed by atoms with Crippen molar-refractivity contribution in [1.82, 2.24) is 10.2 Å². The Morgan fingerprint density at radius 2 is 2.11 bits per heavy atom. The molecule has 1 aliphatic heterocycles. The van der Waals surface area contributed by atoms with Gasteiger partial charge in [0.2, 0.25) is 5.91 Å². The largest absolute Gasteiger partial charge is 0.378 e. The van der Waals surface area contributed by atoms with Gasteiger partial charge in [0, 0.05) is 26.7 Å². The van der Waals surface area contributed by atoms with Crippen molar-refractivity contribution in [3.05, 3.63) is 0 Å². The normalized spacial score (nSPS) is 26.1. The first-order valence-corrected chi connectivity index (χ1v) is 6.99. The van der Waals surface area contributed by atoms with E-state index in [1.807, 2.05) is 14.1 Å². The summed E-state index contributed by atoms with van der Waals surface area (Å²) in [6.07, 6.45) is 3.18. The van der Waals surface area contributed by atoms with E-state index >= 15 is 0 Å². The van der Waals surface area contributed by atoms with Crippen molar-refractivity contribution in [3.63, 3.8) is 0 Å². The molecule has 1 amide bonds. The molecule has 0 saturated carbocycles. The first kappa shape index (κ1) is 15.4. The van der Waals surface area contributed by atoms with Crippen LogP contribution in [0.25, 0.3) is 0 Å². The van der Waals surface area contributed by atoms with Crippen molar-refractivity contribution < 1.29 is 9.53 Å². The molecule has 1 aliphatic rings. The highest BCUT2D eigenvalue weighted by molar-refractivity contribution is 5.81. The molecule has 1 fully saturated rings. The molecule has 0 spiro atoms. The highest BCUT2D eigenvalue weighted by atomic mass is 16.5. The number of hydrogen-bond acceptors (Lipinski definition) is 3. The Bertz CT molecular complexity index is 267. The lowest BCUT2D eigenvalue weighted by Crippen LogP contribution is -2.50. The van der Waals surface area contributed by atoms with Crippen LogP contribution >= 0.6 is 0 Å². The minimum Gasteiger partial charge on any atom is -0.378 e. The van der Waals surface area contributed by atoms with Gasteiger partial charge in [-0.05, 0) is 32.1 Å². The second-order valence-corrected chi connectivity index (χ2v) is 5.98. The second-order valence-electron chi connectivity index (χ2n) is 5.98. The summed E-state index contributed by atoms with van der Waals surface area (Å²) >= 11 is 0. The summed E-state index contributed by atoms with van der Waals surface area (Å²) in [5.41, 5.74) is 0. The number of carbonyl (C=O) groups excluding carboxylic acids is 1. The number of rotatable bonds is 5. The molecule has 106 valence electrons. The Kier molecular flexibility index (Phi) is 6.09. The van der Waals surface area contributed by atoms with Crippen molar-refractivity contribution in [1.29, 1.82) is 0 Å². The number of ether oxygens (including phenoxy) is 1. The molecule has 18 heavy (non-hydrogen) atoms. The van der Waals surface area contributed by atoms with E-state index in [9.17, 15) is 4.79 Å². The van der Waals surface area contributed by atoms with E-state index in [1.54, 1.807) is 4.90 Å². The number of nitrogens with zero attached hydrogens (tertiary/aromatic N) is 1. The van der Waals surface area contributed by atoms with E-state index < -0.39 is 0 Å². The zero-order valence-corrected chi connectivity index (χ0v) is 12.4. The van der Waals surface area contributed by atoms with Crippen molar-refractivity contribution in [3.8, 4) is 0 Å². The molecule has 3 unspecified atom stereocenters. The number of amides is 1. The van der Waals surface area contributed by atoms with E-state index in [0.29, 0.717) is 18.1 Å². The SMILES string of the molecule is CC(C)CC(NC1CCOC(C)C1)C(=O)N(C)C. The van der Waals surface area contributed by atoms with Gasteiger partial charge in [-0.1, -0.05) is 13.8 Å². The molecule has 4 nitrogen and oxygen atoms in total. The summed E-state index contributed by atoms with van der Waals surface area (Å²) in [6, 6.07) is 0.344. The Hall–Kier alpha value is -0.610. The molecule has 0 aromatic rings. The maximum absolute atomic E-state index is 12.2. The van der Waals surface area contributed by atoms with Crippen LogP contribution in [0.15, 0.2) is 0 Å². The standard InChI is InChI=1S/C14H28N2O2/c1-10(2)8-13(14(17)16(4)5)15-12-6-7-18-11(3)9-12/h10-13,15H,6-9H2,1-5H3. The molecule has 0 aromatic heterocycles. The van der Waals surface area contributed by atoms with E-state index in [0.717, 1.165) is 25.9 Å². The van der Waals surface area contributed by atoms with Gasteiger partial charge in [-0.2, -0.15) is 0 Å². The third-order valence-corrected chi connectivity index (χ3v) is 3.37. The molecular formula is C14H28N2O2. The van der Waals surface area contributed by atoms with Crippen LogP contribution in [0.3, 0.4) is 0 Å². The summed E-state index contributed by atoms with van der Waals surface area (Å²) in [4.78, 5) is 13.8. The average molecular weight is 256 g/mol. The molecular weight excluding hydrogens is 228 g/mol. The highest BCUT2D eigenvalue weighted by Gasteiger charge is 2.27. The van der Waals surface area contributed by atoms with E-state index in [2.05, 4.69) is 26.1 Å². The maximum atomic E-state index is 12.2. The number of carbonyl (C=O) groups is 1. The Balaban J connectivity index is 2.57. The summed E-state index contributed by atoms with van der Waals surface area (Å²) in [5.74, 6) is 0.700. The topological polar surface area (TPSA) is 41.6 Å². The molecule has 0 radical (unpaired) electrons. The quantitative estimate of drug-likeness (QED) is 0.813. The van der Waals surface area contributed by atoms with Crippen molar-refractivity contribution >= 4 is 5.91 Å². The van der Waals surface area contributed by atoms with Crippen molar-refractivity contribution in [2.75, 3.05) is 20.7 Å². The van der Waals surface area contributed by atoms with Gasteiger partial charge in [0.15, 0.2) is 0 Å². The van der Waals surface area contributed by atoms with Crippen LogP contribution in [0.5, 0.6) is 0 Å². The molecule has 0 aliphatic carbocycles. The van der Waals surface area contributed by atoms with Crippen LogP contribution in [0.4, 0.5) is 0 Å². The third-order valence-electron chi connectivity index (χ3n) is 3.37. The molecule has 1 saturated heterocycles. The number of hydrogen-bond donors (Lipinski definition) is 1. The van der Waals surface area contributed by atoms with Crippen LogP contribution in [-0.2, 0) is 9.53 Å². The third kappa shape index (κ3) is 4.94. The zero-order valence-electron chi connectivity index (χ0n) is 12.4. The van der Waals surface area contributed by atoms with Gasteiger partial charge in [0.05, 0.1) is 12.1 Å². The van der Waals surface area contributed by atoms with Gasteiger partial charge in [-0.15, -0.1) is 0 Å². The fraction of sp³-hybridized carbons (Fsp3) is 0.929. The molecule has 0 aromatic carbocycles. The maximum Gasteiger partial charge on any atom is 0.239 e. The van der Waals surface area contributed by atoms with E-state index in [1.165, 1.54) is 0 Å². The minimum atomic E-state index is -0.0599. The van der Waals surface area contributed by atoms with Crippen LogP contribution < -0.4 is 5.32 Å². The van der Waals surface area contributed by atoms with Crippen LogP contribution in [0.1, 0.15) is 40.0 Å². The molecule has 1 N–H and O–H groups in total. The predicted octanol–water partition coefficient (Wildman–Crippen LogP) is 1.65. The summed E-state index contributed by atoms with van der Waals surface area (Å²) in [6.45, 7) is 7.21. The number of nitrogens with one attached hydrogen (secondary N) is 1. The smallest absolute Gasteiger partial charge is 0.239 e. The van der Waals surface area contributed by atoms with Crippen molar-refractivity contribution in [2.24, 2.45) is 5.92 Å². The van der Waals surface area contributed by atoms with Gasteiger partial charge in [0.1, 0.15) is 0 Å². The fourth-order valence-corrected chi connectivity index (χ4v) is 2.46. The van der Waals surface area contributed by atoms with Crippen LogP contribution in [-0.4, -0.2) is 49.7 Å². The van der Waals surface area contributed by atoms with Gasteiger partial charge in [0.25, 0.3) is 0 Å². The monoisotopic (exact) mass is 256 g/mol. The average Bonchev–Trinajstić information content (AvgIpc) is 2.26. The highest BCUT2D eigenvalue weighted by Crippen LogP contribution is 2.16. The van der Waals surface area contributed by atoms with E-state index in [-0.39, 0.29) is 11.9 Å². The fourth-order valence-electron chi connectivity index (χ4n) is 2.46. The van der Waals surface area contributed by atoms with Gasteiger partial charge in [-0.25, -0.2) is 0 Å². The van der Waals surface area contributed by atoms with Gasteiger partial charge >= 0.3 is 0 Å². The lowest BCUT2D eigenvalue weighted by molar-refractivity contribution is -0.131. The predicted molar refractivity (Wildman–Crippen MR) is 73.5 cm³/mol. The Morgan fingerprint density at radius 3 is 2.61 bits per heavy atom. The van der Waals surface area contributed by atoms with E-state index in [4.69, 9.17) is 4.74 Å². The summed E-state index contributed by atoms with van der Waals surface area (Å²) in [5, 5.41) is 3.53. The second kappa shape index (κ2) is 7.10. The minimum absolute atomic E-state index is 0.0599. The molecule has 1 heterocycles. The first-order valence-electron chi connectivity index (χ1n) is 6.99. The molecule has 1 rings (SSSR count). The summed E-state index contributed by atoms with van der Waals surface area (Å²) < 4.78 is 5.54. The molecule has 3 atom stereocenters. The Morgan fingerprint density at radius 1 is 1.44 bits per heavy atom. The lowest BCUT2D eigenvalue weighted by Gasteiger charge is -2.32. The summed E-state index contributed by atoms with van der Waals surface area (Å²) in [7, 11) is 3.65. The lowest BCUT2D eigenvalue weighted by atomic mass is 9.98.